The van der Waals surface area contributed by atoms with Gasteiger partial charge in [0.2, 0.25) is 5.91 Å². The first-order valence-electron chi connectivity index (χ1n) is 29.3. The topological polar surface area (TPSA) is 118 Å². The summed E-state index contributed by atoms with van der Waals surface area (Å²) in [6.07, 6.45) is 23.9. The second kappa shape index (κ2) is 26.6. The van der Waals surface area contributed by atoms with Crippen molar-refractivity contribution in [3.05, 3.63) is 24.1 Å². The van der Waals surface area contributed by atoms with Crippen molar-refractivity contribution in [2.45, 2.75) is 273 Å². The molecule has 9 unspecified atom stereocenters. The Balaban J connectivity index is 1.28. The zero-order chi connectivity index (χ0) is 52.8. The minimum absolute atomic E-state index is 0.0513. The van der Waals surface area contributed by atoms with E-state index in [0.29, 0.717) is 43.7 Å². The normalized spacial score (nSPS) is 26.8. The number of carbonyl (C=O) groups excluding carboxylic acids is 3. The Bertz CT molecular complexity index is 1730. The van der Waals surface area contributed by atoms with Crippen molar-refractivity contribution in [3.8, 4) is 0 Å². The number of fused-ring (bicyclic) bond motifs is 5. The van der Waals surface area contributed by atoms with E-state index in [9.17, 15) is 14.4 Å². The highest BCUT2D eigenvalue weighted by Gasteiger charge is 2.58. The summed E-state index contributed by atoms with van der Waals surface area (Å²) in [4.78, 5) is 42.4. The molecular formula is C61H110N4O6. The smallest absolute Gasteiger partial charge is 0.408 e. The average Bonchev–Trinajstić information content (AvgIpc) is 3.62. The second-order valence-corrected chi connectivity index (χ2v) is 26.3. The zero-order valence-corrected chi connectivity index (χ0v) is 48.6. The van der Waals surface area contributed by atoms with Gasteiger partial charge in [0, 0.05) is 43.4 Å². The lowest BCUT2D eigenvalue weighted by Gasteiger charge is -2.58. The van der Waals surface area contributed by atoms with Crippen LogP contribution < -0.4 is 16.0 Å². The summed E-state index contributed by atoms with van der Waals surface area (Å²) in [6.45, 7) is 39.6. The van der Waals surface area contributed by atoms with E-state index in [2.05, 4.69) is 90.9 Å². The largest absolute Gasteiger partial charge is 0.474 e. The molecule has 0 spiro atoms. The summed E-state index contributed by atoms with van der Waals surface area (Å²) in [7, 11) is 0. The monoisotopic (exact) mass is 995 g/mol. The number of unbranched alkanes of at least 4 members (excludes halogenated alkanes) is 1. The Kier molecular flexibility index (Phi) is 22.8. The number of amides is 2. The van der Waals surface area contributed by atoms with Crippen molar-refractivity contribution in [3.63, 3.8) is 0 Å². The van der Waals surface area contributed by atoms with Gasteiger partial charge in [-0.1, -0.05) is 86.3 Å². The van der Waals surface area contributed by atoms with Gasteiger partial charge in [-0.25, -0.2) is 4.79 Å². The first-order valence-corrected chi connectivity index (χ1v) is 29.3. The predicted molar refractivity (Wildman–Crippen MR) is 294 cm³/mol. The molecule has 0 aromatic heterocycles. The van der Waals surface area contributed by atoms with Crippen LogP contribution in [0.3, 0.4) is 0 Å². The number of rotatable bonds is 29. The fraction of sp³-hybridized carbons (Fsp3) is 0.885. The number of hydrogen-bond donors (Lipinski definition) is 3. The van der Waals surface area contributed by atoms with Crippen LogP contribution in [0.2, 0.25) is 0 Å². The van der Waals surface area contributed by atoms with Gasteiger partial charge in [-0.05, 0) is 217 Å². The van der Waals surface area contributed by atoms with E-state index in [-0.39, 0.29) is 41.0 Å². The number of nitrogens with one attached hydrogen (secondary N) is 3. The molecule has 10 nitrogen and oxygen atoms in total. The second-order valence-electron chi connectivity index (χ2n) is 26.3. The maximum Gasteiger partial charge on any atom is 0.408 e. The Morgan fingerprint density at radius 2 is 1.49 bits per heavy atom. The van der Waals surface area contributed by atoms with Crippen LogP contribution in [0.4, 0.5) is 4.79 Å². The van der Waals surface area contributed by atoms with Crippen molar-refractivity contribution in [1.82, 2.24) is 20.9 Å². The van der Waals surface area contributed by atoms with E-state index in [1.807, 2.05) is 46.4 Å². The highest BCUT2D eigenvalue weighted by molar-refractivity contribution is 5.77. The molecule has 410 valence electrons. The third-order valence-corrected chi connectivity index (χ3v) is 18.8. The number of alkyl carbamates (subject to hydrolysis) is 1. The van der Waals surface area contributed by atoms with Gasteiger partial charge in [0.25, 0.3) is 0 Å². The van der Waals surface area contributed by atoms with Gasteiger partial charge in [0.05, 0.1) is 0 Å². The van der Waals surface area contributed by atoms with Crippen LogP contribution in [0.25, 0.3) is 0 Å². The van der Waals surface area contributed by atoms with Crippen molar-refractivity contribution in [1.29, 1.82) is 0 Å². The fourth-order valence-corrected chi connectivity index (χ4v) is 13.9. The van der Waals surface area contributed by atoms with Gasteiger partial charge in [-0.15, -0.1) is 0 Å². The highest BCUT2D eigenvalue weighted by Crippen LogP contribution is 2.67. The van der Waals surface area contributed by atoms with Gasteiger partial charge in [-0.2, -0.15) is 0 Å². The van der Waals surface area contributed by atoms with Crippen LogP contribution in [-0.4, -0.2) is 77.4 Å². The molecule has 3 N–H and O–H groups in total. The number of esters is 1. The molecule has 2 amide bonds. The average molecular weight is 996 g/mol. The van der Waals surface area contributed by atoms with Crippen LogP contribution in [0.15, 0.2) is 24.1 Å². The lowest BCUT2D eigenvalue weighted by atomic mass is 9.47. The Labute approximate surface area is 435 Å². The molecule has 71 heavy (non-hydrogen) atoms. The number of hydrogen-bond acceptors (Lipinski definition) is 8. The third-order valence-electron chi connectivity index (χ3n) is 18.8. The van der Waals surface area contributed by atoms with Crippen molar-refractivity contribution >= 4 is 18.0 Å². The van der Waals surface area contributed by atoms with Crippen molar-refractivity contribution in [2.75, 3.05) is 26.2 Å². The van der Waals surface area contributed by atoms with Crippen LogP contribution >= 0.6 is 0 Å². The van der Waals surface area contributed by atoms with Gasteiger partial charge in [0.1, 0.15) is 17.3 Å². The van der Waals surface area contributed by atoms with Crippen molar-refractivity contribution in [2.24, 2.45) is 46.3 Å². The molecular weight excluding hydrogens is 885 g/mol. The zero-order valence-electron chi connectivity index (χ0n) is 48.6. The number of carbonyl (C=O) groups is 3. The molecule has 0 saturated heterocycles. The lowest BCUT2D eigenvalue weighted by molar-refractivity contribution is -0.151. The van der Waals surface area contributed by atoms with Crippen LogP contribution in [-0.2, 0) is 23.8 Å². The minimum Gasteiger partial charge on any atom is -0.474 e. The molecule has 10 heteroatoms. The molecule has 4 rings (SSSR count). The Morgan fingerprint density at radius 1 is 0.789 bits per heavy atom. The van der Waals surface area contributed by atoms with Gasteiger partial charge in [0.15, 0.2) is 5.88 Å². The quantitative estimate of drug-likeness (QED) is 0.0294. The summed E-state index contributed by atoms with van der Waals surface area (Å²) in [5, 5.41) is 10.3. The number of allylic oxidation sites excluding steroid dienone is 1. The Morgan fingerprint density at radius 3 is 2.13 bits per heavy atom. The molecule has 3 saturated carbocycles. The summed E-state index contributed by atoms with van der Waals surface area (Å²) in [5.74, 6) is 5.39. The summed E-state index contributed by atoms with van der Waals surface area (Å²) < 4.78 is 17.8. The van der Waals surface area contributed by atoms with Crippen LogP contribution in [0.1, 0.15) is 245 Å². The van der Waals surface area contributed by atoms with Gasteiger partial charge in [-0.3, -0.25) is 9.59 Å². The molecule has 9 atom stereocenters. The van der Waals surface area contributed by atoms with E-state index in [0.717, 1.165) is 106 Å². The molecule has 0 heterocycles. The van der Waals surface area contributed by atoms with E-state index in [1.54, 1.807) is 5.57 Å². The van der Waals surface area contributed by atoms with E-state index in [1.165, 1.54) is 57.8 Å². The predicted octanol–water partition coefficient (Wildman–Crippen LogP) is 14.6. The number of ether oxygens (including phenoxy) is 3. The molecule has 4 aliphatic carbocycles. The molecule has 3 fully saturated rings. The fourth-order valence-electron chi connectivity index (χ4n) is 13.9. The molecule has 4 aliphatic rings. The molecule has 0 aromatic carbocycles. The Hall–Kier alpha value is -2.75. The van der Waals surface area contributed by atoms with Gasteiger partial charge < -0.3 is 35.1 Å². The van der Waals surface area contributed by atoms with E-state index in [4.69, 9.17) is 14.2 Å². The molecule has 0 aliphatic heterocycles. The first-order chi connectivity index (χ1) is 33.2. The third kappa shape index (κ3) is 17.7. The standard InChI is InChI=1S/C61H110N4O6/c1-17-46(44(5)6)25-23-26-47-30-32-51-50-31-29-48-43-49(33-35-60(48,16)52(50)34-36-59(47,51)15)69-54(67)28-24-27-53(66)65(42-38-61(19-3,20-4)64-55(68)71-57(11,12)13)41-22-21-39-62-40-37-58(14,18-2)63-45(7)70-56(8,9)10/h29,44,46-47,49-52,62-63H,7,17-28,30-43H2,1-6,8-16H3,(H,64,68). The minimum atomic E-state index is -0.605. The number of nitrogens with zero attached hydrogens (tertiary/aromatic N) is 1. The summed E-state index contributed by atoms with van der Waals surface area (Å²) >= 11 is 0. The first kappa shape index (κ1) is 60.8. The SMILES string of the molecule is C=C(NC(C)(CC)CCNCCCCN(CCC(CC)(CC)NC(=O)OC(C)(C)C)C(=O)CCCC(=O)OC1CCC2(C)C(=CCC3C2CCC2(C)C(CCCC(CC)C(C)C)CCC32)C1)OC(C)(C)C. The summed E-state index contributed by atoms with van der Waals surface area (Å²) in [6, 6.07) is 0. The van der Waals surface area contributed by atoms with Gasteiger partial charge >= 0.3 is 12.1 Å². The van der Waals surface area contributed by atoms with E-state index < -0.39 is 17.2 Å². The van der Waals surface area contributed by atoms with Crippen LogP contribution in [0.5, 0.6) is 0 Å². The highest BCUT2D eigenvalue weighted by atomic mass is 16.6. The van der Waals surface area contributed by atoms with Crippen LogP contribution in [0, 0.1) is 46.3 Å². The maximum absolute atomic E-state index is 14.0. The van der Waals surface area contributed by atoms with E-state index >= 15 is 0 Å². The summed E-state index contributed by atoms with van der Waals surface area (Å²) in [5.41, 5.74) is 0.706. The molecule has 0 aromatic rings. The molecule has 0 radical (unpaired) electrons. The molecule has 0 bridgehead atoms. The maximum atomic E-state index is 14.0. The lowest BCUT2D eigenvalue weighted by Crippen LogP contribution is -2.51. The van der Waals surface area contributed by atoms with Crippen molar-refractivity contribution < 1.29 is 28.6 Å².